The van der Waals surface area contributed by atoms with Crippen molar-refractivity contribution in [2.24, 2.45) is 0 Å². The zero-order chi connectivity index (χ0) is 22.1. The number of benzene rings is 1. The number of rotatable bonds is 12. The largest absolute Gasteiger partial charge is 0.480 e. The van der Waals surface area contributed by atoms with Crippen LogP contribution in [0.5, 0.6) is 0 Å². The van der Waals surface area contributed by atoms with Crippen molar-refractivity contribution < 1.29 is 24.3 Å². The first-order valence-corrected chi connectivity index (χ1v) is 9.41. The molecule has 0 saturated carbocycles. The zero-order valence-electron chi connectivity index (χ0n) is 16.5. The zero-order valence-corrected chi connectivity index (χ0v) is 16.5. The van der Waals surface area contributed by atoms with Crippen LogP contribution >= 0.6 is 0 Å². The second-order valence-electron chi connectivity index (χ2n) is 6.76. The van der Waals surface area contributed by atoms with Crippen LogP contribution in [-0.4, -0.2) is 65.5 Å². The Morgan fingerprint density at radius 2 is 1.90 bits per heavy atom. The summed E-state index contributed by atoms with van der Waals surface area (Å²) in [7, 11) is 1.59. The first kappa shape index (κ1) is 22.8. The van der Waals surface area contributed by atoms with Gasteiger partial charge >= 0.3 is 5.97 Å². The summed E-state index contributed by atoms with van der Waals surface area (Å²) in [6.07, 6.45) is 2.17. The van der Waals surface area contributed by atoms with Gasteiger partial charge in [0.05, 0.1) is 12.8 Å². The minimum absolute atomic E-state index is 0.00609. The molecule has 10 nitrogen and oxygen atoms in total. The number of para-hydroxylation sites is 1. The monoisotopic (exact) mass is 415 g/mol. The Labute approximate surface area is 172 Å². The molecule has 0 bridgehead atoms. The fourth-order valence-corrected chi connectivity index (χ4v) is 3.02. The maximum Gasteiger partial charge on any atom is 0.326 e. The highest BCUT2D eigenvalue weighted by Gasteiger charge is 2.27. The number of hydrogen-bond acceptors (Lipinski definition) is 6. The minimum Gasteiger partial charge on any atom is -0.480 e. The number of carboxylic acid groups (broad SMARTS) is 1. The number of ketones is 1. The molecule has 2 atom stereocenters. The Morgan fingerprint density at radius 3 is 2.57 bits per heavy atom. The van der Waals surface area contributed by atoms with E-state index >= 15 is 0 Å². The van der Waals surface area contributed by atoms with Gasteiger partial charge in [-0.25, -0.2) is 4.79 Å². The van der Waals surface area contributed by atoms with E-state index in [1.54, 1.807) is 13.2 Å². The number of H-pyrrole nitrogens is 1. The number of carbonyl (C=O) groups excluding carboxylic acids is 3. The van der Waals surface area contributed by atoms with E-state index < -0.39 is 35.7 Å². The van der Waals surface area contributed by atoms with E-state index in [0.717, 1.165) is 16.5 Å². The number of aromatic amines is 1. The first-order valence-electron chi connectivity index (χ1n) is 9.41. The lowest BCUT2D eigenvalue weighted by Crippen LogP contribution is -2.53. The highest BCUT2D eigenvalue weighted by atomic mass is 16.4. The van der Waals surface area contributed by atoms with Crippen molar-refractivity contribution in [1.29, 1.82) is 5.41 Å². The first-order chi connectivity index (χ1) is 14.3. The molecular formula is C20H25N5O5. The SMILES string of the molecule is CNCC(=O)N[C@@H](Cc1c[nH]c2ccccc12)C(=O)N[C@@H](CCC(=O)C=N)C(=O)O. The van der Waals surface area contributed by atoms with Gasteiger partial charge in [-0.05, 0) is 25.1 Å². The minimum atomic E-state index is -1.31. The Bertz CT molecular complexity index is 939. The number of nitrogens with one attached hydrogen (secondary N) is 5. The molecule has 1 aromatic carbocycles. The number of carboxylic acids is 1. The van der Waals surface area contributed by atoms with Crippen LogP contribution in [-0.2, 0) is 25.6 Å². The summed E-state index contributed by atoms with van der Waals surface area (Å²) in [4.78, 5) is 50.8. The van der Waals surface area contributed by atoms with Crippen molar-refractivity contribution in [2.75, 3.05) is 13.6 Å². The molecule has 0 unspecified atom stereocenters. The molecule has 160 valence electrons. The van der Waals surface area contributed by atoms with Gasteiger partial charge in [0.15, 0.2) is 5.78 Å². The number of aliphatic carboxylic acids is 1. The fourth-order valence-electron chi connectivity index (χ4n) is 3.02. The Morgan fingerprint density at radius 1 is 1.17 bits per heavy atom. The van der Waals surface area contributed by atoms with E-state index in [4.69, 9.17) is 5.41 Å². The quantitative estimate of drug-likeness (QED) is 0.267. The number of aromatic nitrogens is 1. The highest BCUT2D eigenvalue weighted by molar-refractivity contribution is 6.26. The van der Waals surface area contributed by atoms with Crippen molar-refractivity contribution in [3.63, 3.8) is 0 Å². The molecule has 10 heteroatoms. The Balaban J connectivity index is 2.18. The summed E-state index contributed by atoms with van der Waals surface area (Å²) in [6.45, 7) is -0.00609. The predicted molar refractivity (Wildman–Crippen MR) is 110 cm³/mol. The molecule has 1 heterocycles. The predicted octanol–water partition coefficient (Wildman–Crippen LogP) is -0.0171. The van der Waals surface area contributed by atoms with E-state index in [1.165, 1.54) is 0 Å². The normalized spacial score (nSPS) is 12.7. The van der Waals surface area contributed by atoms with Crippen LogP contribution in [0.25, 0.3) is 10.9 Å². The highest BCUT2D eigenvalue weighted by Crippen LogP contribution is 2.19. The second kappa shape index (κ2) is 10.9. The lowest BCUT2D eigenvalue weighted by Gasteiger charge is -2.21. The van der Waals surface area contributed by atoms with Gasteiger partial charge in [-0.15, -0.1) is 0 Å². The van der Waals surface area contributed by atoms with Crippen LogP contribution in [0.3, 0.4) is 0 Å². The van der Waals surface area contributed by atoms with Gasteiger partial charge in [-0.2, -0.15) is 0 Å². The molecule has 0 aliphatic rings. The van der Waals surface area contributed by atoms with E-state index in [2.05, 4.69) is 20.9 Å². The van der Waals surface area contributed by atoms with E-state index in [-0.39, 0.29) is 25.8 Å². The summed E-state index contributed by atoms with van der Waals surface area (Å²) < 4.78 is 0. The number of hydrogen-bond donors (Lipinski definition) is 6. The molecule has 0 radical (unpaired) electrons. The van der Waals surface area contributed by atoms with E-state index in [9.17, 15) is 24.3 Å². The van der Waals surface area contributed by atoms with Gasteiger partial charge in [0, 0.05) is 29.9 Å². The third-order valence-corrected chi connectivity index (χ3v) is 4.54. The van der Waals surface area contributed by atoms with Crippen LogP contribution < -0.4 is 16.0 Å². The third kappa shape index (κ3) is 6.24. The van der Waals surface area contributed by atoms with Crippen LogP contribution in [0, 0.1) is 5.41 Å². The number of carbonyl (C=O) groups is 4. The van der Waals surface area contributed by atoms with Gasteiger partial charge in [0.1, 0.15) is 12.1 Å². The fraction of sp³-hybridized carbons (Fsp3) is 0.350. The average molecular weight is 415 g/mol. The smallest absolute Gasteiger partial charge is 0.326 e. The van der Waals surface area contributed by atoms with Crippen LogP contribution in [0.15, 0.2) is 30.5 Å². The van der Waals surface area contributed by atoms with Gasteiger partial charge in [0.25, 0.3) is 0 Å². The van der Waals surface area contributed by atoms with E-state index in [0.29, 0.717) is 6.21 Å². The van der Waals surface area contributed by atoms with Gasteiger partial charge in [-0.3, -0.25) is 14.4 Å². The van der Waals surface area contributed by atoms with Crippen molar-refractivity contribution in [2.45, 2.75) is 31.3 Å². The van der Waals surface area contributed by atoms with Crippen molar-refractivity contribution in [1.82, 2.24) is 20.9 Å². The molecule has 0 spiro atoms. The standard InChI is InChI=1S/C20H25N5O5/c1-22-11-18(27)24-17(8-12-10-23-15-5-3-2-4-14(12)15)19(28)25-16(20(29)30)7-6-13(26)9-21/h2-5,9-10,16-17,21-23H,6-8,11H2,1H3,(H,24,27)(H,25,28)(H,29,30)/t16-,17-/m0/s1. The van der Waals surface area contributed by atoms with Crippen molar-refractivity contribution in [3.8, 4) is 0 Å². The lowest BCUT2D eigenvalue weighted by atomic mass is 10.0. The molecule has 2 rings (SSSR count). The van der Waals surface area contributed by atoms with Crippen LogP contribution in [0.1, 0.15) is 18.4 Å². The molecular weight excluding hydrogens is 390 g/mol. The molecule has 0 aliphatic carbocycles. The van der Waals surface area contributed by atoms with Crippen molar-refractivity contribution >= 4 is 40.7 Å². The number of Topliss-reactive ketones (excluding diaryl/α,β-unsaturated/α-hetero) is 1. The Kier molecular flexibility index (Phi) is 8.24. The molecule has 6 N–H and O–H groups in total. The molecule has 0 aliphatic heterocycles. The number of fused-ring (bicyclic) bond motifs is 1. The molecule has 2 amide bonds. The van der Waals surface area contributed by atoms with Gasteiger partial charge < -0.3 is 31.5 Å². The summed E-state index contributed by atoms with van der Waals surface area (Å²) in [5, 5.41) is 24.9. The molecule has 2 aromatic rings. The summed E-state index contributed by atoms with van der Waals surface area (Å²) in [6, 6.07) is 5.17. The lowest BCUT2D eigenvalue weighted by molar-refractivity contribution is -0.142. The number of amides is 2. The average Bonchev–Trinajstić information content (AvgIpc) is 3.13. The maximum atomic E-state index is 12.8. The van der Waals surface area contributed by atoms with Gasteiger partial charge in [-0.1, -0.05) is 18.2 Å². The van der Waals surface area contributed by atoms with Crippen LogP contribution in [0.2, 0.25) is 0 Å². The topological polar surface area (TPSA) is 164 Å². The third-order valence-electron chi connectivity index (χ3n) is 4.54. The van der Waals surface area contributed by atoms with Crippen LogP contribution in [0.4, 0.5) is 0 Å². The van der Waals surface area contributed by atoms with Crippen molar-refractivity contribution in [3.05, 3.63) is 36.0 Å². The number of likely N-dealkylation sites (N-methyl/N-ethyl adjacent to an activating group) is 1. The van der Waals surface area contributed by atoms with Gasteiger partial charge in [0.2, 0.25) is 11.8 Å². The maximum absolute atomic E-state index is 12.8. The second-order valence-corrected chi connectivity index (χ2v) is 6.76. The molecule has 30 heavy (non-hydrogen) atoms. The summed E-state index contributed by atoms with van der Waals surface area (Å²) in [5.41, 5.74) is 1.67. The summed E-state index contributed by atoms with van der Waals surface area (Å²) >= 11 is 0. The molecule has 1 aromatic heterocycles. The van der Waals surface area contributed by atoms with E-state index in [1.807, 2.05) is 24.3 Å². The molecule has 0 fully saturated rings. The summed E-state index contributed by atoms with van der Waals surface area (Å²) in [5.74, 6) is -2.91. The molecule has 0 saturated heterocycles. The Hall–Kier alpha value is -3.53.